The van der Waals surface area contributed by atoms with Gasteiger partial charge in [0.2, 0.25) is 0 Å². The Bertz CT molecular complexity index is 1340. The molecule has 2 aromatic heterocycles. The van der Waals surface area contributed by atoms with Crippen molar-refractivity contribution in [2.75, 3.05) is 20.1 Å². The molecule has 0 radical (unpaired) electrons. The van der Waals surface area contributed by atoms with E-state index in [1.54, 1.807) is 48.0 Å². The first-order chi connectivity index (χ1) is 14.5. The van der Waals surface area contributed by atoms with E-state index in [2.05, 4.69) is 23.0 Å². The zero-order valence-corrected chi connectivity index (χ0v) is 18.2. The molecule has 0 spiro atoms. The van der Waals surface area contributed by atoms with Crippen LogP contribution in [0.25, 0.3) is 27.0 Å². The summed E-state index contributed by atoms with van der Waals surface area (Å²) >= 11 is 1.54. The Morgan fingerprint density at radius 1 is 1.10 bits per heavy atom. The van der Waals surface area contributed by atoms with E-state index in [4.69, 9.17) is 0 Å². The minimum Gasteiger partial charge on any atom is -0.302 e. The number of thiazole rings is 1. The van der Waals surface area contributed by atoms with E-state index < -0.39 is 10.0 Å². The third-order valence-corrected chi connectivity index (χ3v) is 8.02. The Labute approximate surface area is 180 Å². The van der Waals surface area contributed by atoms with Gasteiger partial charge in [-0.15, -0.1) is 11.3 Å². The van der Waals surface area contributed by atoms with Gasteiger partial charge >= 0.3 is 0 Å². The van der Waals surface area contributed by atoms with Crippen molar-refractivity contribution in [1.82, 2.24) is 13.9 Å². The quantitative estimate of drug-likeness (QED) is 0.465. The number of benzene rings is 2. The van der Waals surface area contributed by atoms with Gasteiger partial charge in [-0.3, -0.25) is 0 Å². The summed E-state index contributed by atoms with van der Waals surface area (Å²) in [6.45, 7) is 1.83. The van der Waals surface area contributed by atoms with Crippen LogP contribution in [0.1, 0.15) is 12.0 Å². The molecular formula is C23H21N3O2S2. The molecule has 2 aromatic carbocycles. The van der Waals surface area contributed by atoms with Crippen LogP contribution in [-0.2, 0) is 10.0 Å². The molecule has 1 aliphatic heterocycles. The molecule has 0 saturated carbocycles. The fourth-order valence-electron chi connectivity index (χ4n) is 3.87. The van der Waals surface area contributed by atoms with Crippen LogP contribution in [0.15, 0.2) is 77.3 Å². The van der Waals surface area contributed by atoms with Crippen LogP contribution < -0.4 is 0 Å². The molecule has 30 heavy (non-hydrogen) atoms. The minimum absolute atomic E-state index is 0.283. The zero-order valence-electron chi connectivity index (χ0n) is 16.5. The Morgan fingerprint density at radius 2 is 1.93 bits per heavy atom. The van der Waals surface area contributed by atoms with E-state index in [1.165, 1.54) is 9.55 Å². The second-order valence-electron chi connectivity index (χ2n) is 7.47. The molecule has 0 saturated heterocycles. The van der Waals surface area contributed by atoms with E-state index in [1.807, 2.05) is 29.6 Å². The molecule has 0 bridgehead atoms. The molecule has 0 N–H and O–H groups in total. The van der Waals surface area contributed by atoms with Gasteiger partial charge in [-0.2, -0.15) is 0 Å². The summed E-state index contributed by atoms with van der Waals surface area (Å²) < 4.78 is 28.5. The van der Waals surface area contributed by atoms with E-state index in [0.717, 1.165) is 41.0 Å². The molecular weight excluding hydrogens is 414 g/mol. The minimum atomic E-state index is -3.72. The van der Waals surface area contributed by atoms with Gasteiger partial charge in [0.05, 0.1) is 10.4 Å². The second-order valence-corrected chi connectivity index (χ2v) is 10.2. The molecule has 1 aliphatic rings. The average Bonchev–Trinajstić information content (AvgIpc) is 3.43. The normalized spacial score (nSPS) is 15.4. The van der Waals surface area contributed by atoms with Crippen LogP contribution in [0.2, 0.25) is 0 Å². The molecule has 0 fully saturated rings. The predicted molar refractivity (Wildman–Crippen MR) is 122 cm³/mol. The summed E-state index contributed by atoms with van der Waals surface area (Å²) in [6, 6.07) is 14.6. The van der Waals surface area contributed by atoms with Crippen molar-refractivity contribution in [2.24, 2.45) is 0 Å². The highest BCUT2D eigenvalue weighted by Gasteiger charge is 2.23. The lowest BCUT2D eigenvalue weighted by molar-refractivity contribution is 0.370. The first-order valence-electron chi connectivity index (χ1n) is 9.77. The average molecular weight is 436 g/mol. The van der Waals surface area contributed by atoms with Crippen molar-refractivity contribution in [3.63, 3.8) is 0 Å². The maximum absolute atomic E-state index is 13.5. The first kappa shape index (κ1) is 19.2. The van der Waals surface area contributed by atoms with Crippen LogP contribution in [0.4, 0.5) is 0 Å². The molecule has 0 unspecified atom stereocenters. The number of aromatic nitrogens is 2. The van der Waals surface area contributed by atoms with Crippen molar-refractivity contribution >= 4 is 37.8 Å². The standard InChI is InChI=1S/C23H21N3O2S2/c1-25-12-9-17(10-13-25)21-16-26(30(27,28)19-5-3-2-4-6-19)22-15-18(7-8-20(21)22)23-24-11-14-29-23/h2-9,11,14-16H,10,12-13H2,1H3. The molecule has 0 aliphatic carbocycles. The number of hydrogen-bond acceptors (Lipinski definition) is 5. The van der Waals surface area contributed by atoms with E-state index >= 15 is 0 Å². The molecule has 0 amide bonds. The second kappa shape index (κ2) is 7.50. The predicted octanol–water partition coefficient (Wildman–Crippen LogP) is 4.72. The van der Waals surface area contributed by atoms with Gasteiger partial charge in [-0.05, 0) is 37.2 Å². The monoisotopic (exact) mass is 435 g/mol. The Morgan fingerprint density at radius 3 is 2.63 bits per heavy atom. The van der Waals surface area contributed by atoms with Crippen LogP contribution in [0.5, 0.6) is 0 Å². The van der Waals surface area contributed by atoms with Gasteiger partial charge in [0.25, 0.3) is 10.0 Å². The van der Waals surface area contributed by atoms with Gasteiger partial charge in [0.15, 0.2) is 0 Å². The largest absolute Gasteiger partial charge is 0.302 e. The lowest BCUT2D eigenvalue weighted by Crippen LogP contribution is -2.23. The Balaban J connectivity index is 1.75. The fourth-order valence-corrected chi connectivity index (χ4v) is 5.89. The highest BCUT2D eigenvalue weighted by molar-refractivity contribution is 7.90. The maximum atomic E-state index is 13.5. The molecule has 5 nitrogen and oxygen atoms in total. The topological polar surface area (TPSA) is 55.2 Å². The third kappa shape index (κ3) is 3.29. The van der Waals surface area contributed by atoms with Crippen molar-refractivity contribution in [1.29, 1.82) is 0 Å². The smallest absolute Gasteiger partial charge is 0.268 e. The lowest BCUT2D eigenvalue weighted by Gasteiger charge is -2.21. The molecule has 5 rings (SSSR count). The third-order valence-electron chi connectivity index (χ3n) is 5.51. The highest BCUT2D eigenvalue weighted by atomic mass is 32.2. The highest BCUT2D eigenvalue weighted by Crippen LogP contribution is 2.35. The van der Waals surface area contributed by atoms with Gasteiger partial charge in [0, 0.05) is 47.4 Å². The number of rotatable bonds is 4. The van der Waals surface area contributed by atoms with Gasteiger partial charge in [-0.25, -0.2) is 17.4 Å². The van der Waals surface area contributed by atoms with Crippen molar-refractivity contribution < 1.29 is 8.42 Å². The first-order valence-corrected chi connectivity index (χ1v) is 12.1. The summed E-state index contributed by atoms with van der Waals surface area (Å²) in [5, 5.41) is 3.75. The molecule has 7 heteroatoms. The molecule has 3 heterocycles. The Kier molecular flexibility index (Phi) is 4.81. The van der Waals surface area contributed by atoms with Gasteiger partial charge in [-0.1, -0.05) is 36.4 Å². The number of fused-ring (bicyclic) bond motifs is 1. The molecule has 152 valence electrons. The van der Waals surface area contributed by atoms with Gasteiger partial charge in [0.1, 0.15) is 5.01 Å². The molecule has 0 atom stereocenters. The number of nitrogens with zero attached hydrogens (tertiary/aromatic N) is 3. The summed E-state index contributed by atoms with van der Waals surface area (Å²) in [4.78, 5) is 6.93. The van der Waals surface area contributed by atoms with Crippen molar-refractivity contribution in [3.8, 4) is 10.6 Å². The summed E-state index contributed by atoms with van der Waals surface area (Å²) in [5.74, 6) is 0. The Hall–Kier alpha value is -2.74. The van der Waals surface area contributed by atoms with Crippen LogP contribution in [-0.4, -0.2) is 42.4 Å². The van der Waals surface area contributed by atoms with Crippen molar-refractivity contribution in [2.45, 2.75) is 11.3 Å². The zero-order chi connectivity index (χ0) is 20.7. The lowest BCUT2D eigenvalue weighted by atomic mass is 9.98. The van der Waals surface area contributed by atoms with Crippen LogP contribution in [0.3, 0.4) is 0 Å². The summed E-state index contributed by atoms with van der Waals surface area (Å²) in [5.41, 5.74) is 3.79. The summed E-state index contributed by atoms with van der Waals surface area (Å²) in [7, 11) is -1.62. The summed E-state index contributed by atoms with van der Waals surface area (Å²) in [6.07, 6.45) is 6.65. The SMILES string of the molecule is CN1CC=C(c2cn(S(=O)(=O)c3ccccc3)c3cc(-c4nccs4)ccc23)CC1. The molecule has 4 aromatic rings. The van der Waals surface area contributed by atoms with Gasteiger partial charge < -0.3 is 4.90 Å². The van der Waals surface area contributed by atoms with E-state index in [0.29, 0.717) is 5.52 Å². The van der Waals surface area contributed by atoms with E-state index in [-0.39, 0.29) is 4.90 Å². The fraction of sp³-hybridized carbons (Fsp3) is 0.174. The maximum Gasteiger partial charge on any atom is 0.268 e. The number of likely N-dealkylation sites (N-methyl/N-ethyl adjacent to an activating group) is 1. The van der Waals surface area contributed by atoms with Crippen LogP contribution >= 0.6 is 11.3 Å². The van der Waals surface area contributed by atoms with Crippen molar-refractivity contribution in [3.05, 3.63) is 77.9 Å². The number of hydrogen-bond donors (Lipinski definition) is 0. The van der Waals surface area contributed by atoms with Crippen LogP contribution in [0, 0.1) is 0 Å². The van der Waals surface area contributed by atoms with E-state index in [9.17, 15) is 8.42 Å².